The Morgan fingerprint density at radius 2 is 0.969 bits per heavy atom. The fraction of sp³-hybridized carbons (Fsp3) is 0.364. The van der Waals surface area contributed by atoms with Crippen molar-refractivity contribution in [2.24, 2.45) is 0 Å². The number of hydrogen-bond donors (Lipinski definition) is 4. The number of pyridine rings is 4. The van der Waals surface area contributed by atoms with Gasteiger partial charge in [0.2, 0.25) is 11.8 Å². The molecule has 6 aromatic heterocycles. The molecule has 0 saturated carbocycles. The van der Waals surface area contributed by atoms with E-state index in [1.165, 1.54) is 38.7 Å². The molecule has 0 aromatic carbocycles. The molecule has 0 spiro atoms. The third kappa shape index (κ3) is 11.1. The van der Waals surface area contributed by atoms with Crippen molar-refractivity contribution in [3.8, 4) is 34.3 Å². The minimum Gasteiger partial charge on any atom is -0.479 e. The molecule has 2 aliphatic heterocycles. The van der Waals surface area contributed by atoms with Crippen LogP contribution in [0.1, 0.15) is 48.7 Å². The van der Waals surface area contributed by atoms with Gasteiger partial charge in [-0.15, -0.1) is 0 Å². The van der Waals surface area contributed by atoms with Gasteiger partial charge in [0.25, 0.3) is 0 Å². The van der Waals surface area contributed by atoms with E-state index in [1.54, 1.807) is 26.0 Å². The molecule has 2 saturated heterocycles. The number of hydrogen-bond acceptors (Lipinski definition) is 18. The van der Waals surface area contributed by atoms with Crippen LogP contribution in [0.25, 0.3) is 22.5 Å². The molecule has 20 heteroatoms. The zero-order chi connectivity index (χ0) is 45.3. The highest BCUT2D eigenvalue weighted by molar-refractivity contribution is 5.79. The predicted octanol–water partition coefficient (Wildman–Crippen LogP) is 6.22. The van der Waals surface area contributed by atoms with Gasteiger partial charge in [-0.05, 0) is 51.0 Å². The fourth-order valence-corrected chi connectivity index (χ4v) is 7.38. The van der Waals surface area contributed by atoms with Crippen LogP contribution in [0.2, 0.25) is 0 Å². The highest BCUT2D eigenvalue weighted by Gasteiger charge is 2.23. The van der Waals surface area contributed by atoms with Crippen molar-refractivity contribution < 1.29 is 27.7 Å². The number of morpholine rings is 2. The molecular formula is C44H52F2N14O4. The number of anilines is 6. The highest BCUT2D eigenvalue weighted by atomic mass is 19.1. The lowest BCUT2D eigenvalue weighted by molar-refractivity contribution is 0.0198. The Bertz CT molecular complexity index is 2350. The van der Waals surface area contributed by atoms with Gasteiger partial charge in [0.15, 0.2) is 11.6 Å². The molecule has 0 aliphatic carbocycles. The van der Waals surface area contributed by atoms with Gasteiger partial charge < -0.3 is 41.0 Å². The van der Waals surface area contributed by atoms with E-state index in [2.05, 4.69) is 74.2 Å². The molecule has 6 aromatic rings. The first-order valence-electron chi connectivity index (χ1n) is 20.7. The Balaban J connectivity index is 0.000000191. The standard InChI is InChI=1S/2C22H26FN7O2/c2*1-13(30-4-6-32-7-5-30)15-8-17(19-10-20(24)28-14(2)27-19)21(25-11-15)29-16-9-18(23)22(31-3)26-12-16/h2*8-13H,4-7H2,1-3H3,(H,25,29)(H2,24,27,28)/t2*13-/m10/s1. The van der Waals surface area contributed by atoms with Crippen LogP contribution < -0.4 is 31.6 Å². The number of halogens is 2. The van der Waals surface area contributed by atoms with E-state index in [4.69, 9.17) is 30.4 Å². The van der Waals surface area contributed by atoms with E-state index in [1.807, 2.05) is 24.5 Å². The largest absolute Gasteiger partial charge is 0.479 e. The lowest BCUT2D eigenvalue weighted by atomic mass is 10.0. The summed E-state index contributed by atoms with van der Waals surface area (Å²) in [6.07, 6.45) is 6.60. The molecular weight excluding hydrogens is 827 g/mol. The Morgan fingerprint density at radius 3 is 1.31 bits per heavy atom. The smallest absolute Gasteiger partial charge is 0.250 e. The van der Waals surface area contributed by atoms with Crippen molar-refractivity contribution in [3.63, 3.8) is 0 Å². The van der Waals surface area contributed by atoms with Gasteiger partial charge in [-0.2, -0.15) is 0 Å². The highest BCUT2D eigenvalue weighted by Crippen LogP contribution is 2.35. The average Bonchev–Trinajstić information content (AvgIpc) is 3.29. The van der Waals surface area contributed by atoms with Crippen LogP contribution in [0.5, 0.6) is 11.8 Å². The first-order valence-corrected chi connectivity index (χ1v) is 20.7. The van der Waals surface area contributed by atoms with Gasteiger partial charge in [0.05, 0.1) is 75.8 Å². The predicted molar refractivity (Wildman–Crippen MR) is 238 cm³/mol. The molecule has 8 heterocycles. The molecule has 0 amide bonds. The lowest BCUT2D eigenvalue weighted by Crippen LogP contribution is -2.38. The number of nitrogens with two attached hydrogens (primary N) is 2. The summed E-state index contributed by atoms with van der Waals surface area (Å²) in [6.45, 7) is 14.1. The van der Waals surface area contributed by atoms with Gasteiger partial charge in [0, 0.05) is 86.0 Å². The minimum atomic E-state index is -0.571. The molecule has 336 valence electrons. The summed E-state index contributed by atoms with van der Waals surface area (Å²) in [4.78, 5) is 39.4. The van der Waals surface area contributed by atoms with E-state index in [9.17, 15) is 8.78 Å². The second-order valence-electron chi connectivity index (χ2n) is 15.1. The van der Waals surface area contributed by atoms with Crippen LogP contribution in [0.3, 0.4) is 0 Å². The van der Waals surface area contributed by atoms with E-state index >= 15 is 0 Å². The van der Waals surface area contributed by atoms with Crippen LogP contribution in [-0.4, -0.2) is 116 Å². The van der Waals surface area contributed by atoms with Crippen molar-refractivity contribution in [2.45, 2.75) is 39.8 Å². The number of rotatable bonds is 12. The number of nitrogens with zero attached hydrogens (tertiary/aromatic N) is 10. The zero-order valence-electron chi connectivity index (χ0n) is 36.6. The van der Waals surface area contributed by atoms with E-state index in [0.29, 0.717) is 84.1 Å². The van der Waals surface area contributed by atoms with Crippen molar-refractivity contribution in [3.05, 3.63) is 95.6 Å². The molecule has 2 fully saturated rings. The Hall–Kier alpha value is -6.74. The summed E-state index contributed by atoms with van der Waals surface area (Å²) in [5, 5.41) is 6.29. The maximum absolute atomic E-state index is 14.2. The SMILES string of the molecule is COc1ncc(Nc2ncc([C@@H](C)N3CCOCC3)cc2-c2cc(N)nc(C)n2)cc1F.COc1ncc(Nc2ncc([C@H](C)N3CCOCC3)cc2-c2cc(N)nc(C)n2)cc1F. The van der Waals surface area contributed by atoms with Gasteiger partial charge in [-0.1, -0.05) is 0 Å². The number of aromatic nitrogens is 8. The van der Waals surface area contributed by atoms with E-state index < -0.39 is 11.6 Å². The maximum Gasteiger partial charge on any atom is 0.250 e. The van der Waals surface area contributed by atoms with Crippen LogP contribution in [0.15, 0.2) is 61.2 Å². The second-order valence-corrected chi connectivity index (χ2v) is 15.1. The molecule has 0 bridgehead atoms. The molecule has 0 radical (unpaired) electrons. The van der Waals surface area contributed by atoms with Crippen LogP contribution in [0, 0.1) is 25.5 Å². The van der Waals surface area contributed by atoms with Gasteiger partial charge in [-0.25, -0.2) is 48.7 Å². The number of ether oxygens (including phenoxy) is 4. The number of nitrogens with one attached hydrogen (secondary N) is 2. The number of aryl methyl sites for hydroxylation is 2. The topological polar surface area (TPSA) is 223 Å². The quantitative estimate of drug-likeness (QED) is 0.107. The van der Waals surface area contributed by atoms with Gasteiger partial charge >= 0.3 is 0 Å². The molecule has 2 atom stereocenters. The third-order valence-electron chi connectivity index (χ3n) is 10.8. The molecule has 18 nitrogen and oxygen atoms in total. The van der Waals surface area contributed by atoms with Gasteiger partial charge in [-0.3, -0.25) is 9.80 Å². The normalized spacial score (nSPS) is 15.4. The van der Waals surface area contributed by atoms with E-state index in [0.717, 1.165) is 48.4 Å². The zero-order valence-corrected chi connectivity index (χ0v) is 36.6. The van der Waals surface area contributed by atoms with Crippen LogP contribution in [0.4, 0.5) is 43.4 Å². The van der Waals surface area contributed by atoms with Crippen molar-refractivity contribution in [2.75, 3.05) is 88.9 Å². The molecule has 64 heavy (non-hydrogen) atoms. The van der Waals surface area contributed by atoms with E-state index in [-0.39, 0.29) is 23.8 Å². The Labute approximate surface area is 369 Å². The first-order chi connectivity index (χ1) is 30.9. The number of methoxy groups -OCH3 is 2. The number of nitrogen functional groups attached to an aromatic ring is 2. The molecule has 2 aliphatic rings. The van der Waals surface area contributed by atoms with Crippen LogP contribution >= 0.6 is 0 Å². The van der Waals surface area contributed by atoms with Crippen LogP contribution in [-0.2, 0) is 9.47 Å². The third-order valence-corrected chi connectivity index (χ3v) is 10.8. The summed E-state index contributed by atoms with van der Waals surface area (Å²) < 4.78 is 49.1. The monoisotopic (exact) mass is 878 g/mol. The summed E-state index contributed by atoms with van der Waals surface area (Å²) >= 11 is 0. The molecule has 8 rings (SSSR count). The lowest BCUT2D eigenvalue weighted by Gasteiger charge is -2.32. The fourth-order valence-electron chi connectivity index (χ4n) is 7.38. The molecule has 6 N–H and O–H groups in total. The second kappa shape index (κ2) is 20.6. The van der Waals surface area contributed by atoms with Crippen molar-refractivity contribution in [1.29, 1.82) is 0 Å². The van der Waals surface area contributed by atoms with Crippen molar-refractivity contribution >= 4 is 34.6 Å². The molecule has 0 unspecified atom stereocenters. The Kier molecular flexibility index (Phi) is 14.6. The summed E-state index contributed by atoms with van der Waals surface area (Å²) in [7, 11) is 2.74. The minimum absolute atomic E-state index is 0.0717. The Morgan fingerprint density at radius 1 is 0.578 bits per heavy atom. The van der Waals surface area contributed by atoms with Gasteiger partial charge in [0.1, 0.15) is 34.9 Å². The summed E-state index contributed by atoms with van der Waals surface area (Å²) in [6, 6.07) is 10.4. The first kappa shape index (κ1) is 45.3. The van der Waals surface area contributed by atoms with Crippen molar-refractivity contribution in [1.82, 2.24) is 49.7 Å². The maximum atomic E-state index is 14.2. The summed E-state index contributed by atoms with van der Waals surface area (Å²) in [5.41, 5.74) is 17.6. The summed E-state index contributed by atoms with van der Waals surface area (Å²) in [5.74, 6) is 1.56. The average molecular weight is 879 g/mol.